The topological polar surface area (TPSA) is 106 Å². The first-order chi connectivity index (χ1) is 16.0. The summed E-state index contributed by atoms with van der Waals surface area (Å²) < 4.78 is 10.7. The minimum atomic E-state index is -0.561. The van der Waals surface area contributed by atoms with Gasteiger partial charge in [0.2, 0.25) is 17.8 Å². The van der Waals surface area contributed by atoms with E-state index in [-0.39, 0.29) is 18.7 Å². The second-order valence-electron chi connectivity index (χ2n) is 8.07. The molecule has 0 spiro atoms. The fourth-order valence-corrected chi connectivity index (χ4v) is 4.77. The number of carbonyl (C=O) groups is 2. The average molecular weight is 466 g/mol. The molecule has 1 saturated heterocycles. The van der Waals surface area contributed by atoms with Gasteiger partial charge in [0.15, 0.2) is 11.5 Å². The van der Waals surface area contributed by atoms with E-state index in [4.69, 9.17) is 9.47 Å². The SMILES string of the molecule is Cc1ccc(NC(=O)N2CCCC2C(=O)Nc2nnc(-c3ccc4c(c3)OCO4)s2)c(C)c1. The number of aromatic nitrogens is 2. The highest BCUT2D eigenvalue weighted by atomic mass is 32.1. The Hall–Kier alpha value is -3.66. The first-order valence-corrected chi connectivity index (χ1v) is 11.5. The second-order valence-corrected chi connectivity index (χ2v) is 9.05. The van der Waals surface area contributed by atoms with E-state index in [1.54, 1.807) is 4.90 Å². The number of urea groups is 1. The van der Waals surface area contributed by atoms with Gasteiger partial charge < -0.3 is 19.7 Å². The highest BCUT2D eigenvalue weighted by Crippen LogP contribution is 2.37. The third kappa shape index (κ3) is 4.34. The van der Waals surface area contributed by atoms with Crippen LogP contribution in [0.25, 0.3) is 10.6 Å². The number of benzene rings is 2. The van der Waals surface area contributed by atoms with Crippen molar-refractivity contribution in [1.29, 1.82) is 0 Å². The number of likely N-dealkylation sites (tertiary alicyclic amines) is 1. The van der Waals surface area contributed by atoms with Crippen molar-refractivity contribution in [3.8, 4) is 22.1 Å². The first kappa shape index (κ1) is 21.2. The van der Waals surface area contributed by atoms with Crippen LogP contribution in [-0.4, -0.2) is 46.4 Å². The molecular formula is C23H23N5O4S. The van der Waals surface area contributed by atoms with Crippen LogP contribution >= 0.6 is 11.3 Å². The van der Waals surface area contributed by atoms with Crippen LogP contribution in [0.4, 0.5) is 15.6 Å². The van der Waals surface area contributed by atoms with Crippen LogP contribution in [0.2, 0.25) is 0 Å². The summed E-state index contributed by atoms with van der Waals surface area (Å²) in [6.07, 6.45) is 1.36. The maximum atomic E-state index is 13.0. The van der Waals surface area contributed by atoms with E-state index in [2.05, 4.69) is 20.8 Å². The summed E-state index contributed by atoms with van der Waals surface area (Å²) in [5.74, 6) is 1.08. The summed E-state index contributed by atoms with van der Waals surface area (Å²) >= 11 is 1.26. The molecule has 170 valence electrons. The fourth-order valence-electron chi connectivity index (χ4n) is 4.03. The molecule has 1 aromatic heterocycles. The quantitative estimate of drug-likeness (QED) is 0.599. The number of aryl methyl sites for hydroxylation is 2. The summed E-state index contributed by atoms with van der Waals surface area (Å²) in [5, 5.41) is 15.1. The van der Waals surface area contributed by atoms with Gasteiger partial charge in [-0.2, -0.15) is 0 Å². The Labute approximate surface area is 194 Å². The lowest BCUT2D eigenvalue weighted by atomic mass is 10.1. The average Bonchev–Trinajstić information content (AvgIpc) is 3.55. The Morgan fingerprint density at radius 3 is 2.76 bits per heavy atom. The van der Waals surface area contributed by atoms with Gasteiger partial charge in [0.25, 0.3) is 0 Å². The van der Waals surface area contributed by atoms with E-state index in [1.807, 2.05) is 50.2 Å². The summed E-state index contributed by atoms with van der Waals surface area (Å²) in [6, 6.07) is 10.5. The van der Waals surface area contributed by atoms with Crippen LogP contribution in [-0.2, 0) is 4.79 Å². The maximum Gasteiger partial charge on any atom is 0.322 e. The summed E-state index contributed by atoms with van der Waals surface area (Å²) in [7, 11) is 0. The number of nitrogens with zero attached hydrogens (tertiary/aromatic N) is 3. The largest absolute Gasteiger partial charge is 0.454 e. The van der Waals surface area contributed by atoms with E-state index in [0.29, 0.717) is 34.6 Å². The Kier molecular flexibility index (Phi) is 5.59. The lowest BCUT2D eigenvalue weighted by Gasteiger charge is -2.24. The zero-order valence-corrected chi connectivity index (χ0v) is 19.1. The maximum absolute atomic E-state index is 13.0. The number of ether oxygens (including phenoxy) is 2. The minimum absolute atomic E-state index is 0.200. The minimum Gasteiger partial charge on any atom is -0.454 e. The number of rotatable bonds is 4. The van der Waals surface area contributed by atoms with Crippen molar-refractivity contribution in [1.82, 2.24) is 15.1 Å². The molecule has 1 fully saturated rings. The molecule has 2 N–H and O–H groups in total. The van der Waals surface area contributed by atoms with Crippen LogP contribution in [0, 0.1) is 13.8 Å². The fraction of sp³-hybridized carbons (Fsp3) is 0.304. The number of nitrogens with one attached hydrogen (secondary N) is 2. The van der Waals surface area contributed by atoms with Crippen LogP contribution < -0.4 is 20.1 Å². The van der Waals surface area contributed by atoms with E-state index in [1.165, 1.54) is 11.3 Å². The van der Waals surface area contributed by atoms with Crippen molar-refractivity contribution in [2.45, 2.75) is 32.7 Å². The van der Waals surface area contributed by atoms with Gasteiger partial charge in [-0.25, -0.2) is 4.79 Å². The van der Waals surface area contributed by atoms with Gasteiger partial charge in [0.05, 0.1) is 0 Å². The van der Waals surface area contributed by atoms with E-state index in [9.17, 15) is 9.59 Å². The van der Waals surface area contributed by atoms with Gasteiger partial charge in [0.1, 0.15) is 11.0 Å². The standard InChI is InChI=1S/C23H23N5O4S/c1-13-5-7-16(14(2)10-13)24-23(30)28-9-3-4-17(28)20(29)25-22-27-26-21(33-22)15-6-8-18-19(11-15)32-12-31-18/h5-8,10-11,17H,3-4,9,12H2,1-2H3,(H,24,30)(H,25,27,29). The molecule has 1 unspecified atom stereocenters. The second kappa shape index (κ2) is 8.70. The number of hydrogen-bond acceptors (Lipinski definition) is 7. The van der Waals surface area contributed by atoms with Crippen molar-refractivity contribution in [2.24, 2.45) is 0 Å². The molecule has 2 aromatic carbocycles. The van der Waals surface area contributed by atoms with Crippen LogP contribution in [0.5, 0.6) is 11.5 Å². The van der Waals surface area contributed by atoms with Gasteiger partial charge in [0, 0.05) is 17.8 Å². The third-order valence-electron chi connectivity index (χ3n) is 5.71. The number of carbonyl (C=O) groups excluding carboxylic acids is 2. The predicted molar refractivity (Wildman–Crippen MR) is 125 cm³/mol. The monoisotopic (exact) mass is 465 g/mol. The number of amides is 3. The zero-order chi connectivity index (χ0) is 22.9. The van der Waals surface area contributed by atoms with Crippen molar-refractivity contribution in [2.75, 3.05) is 24.0 Å². The van der Waals surface area contributed by atoms with Crippen LogP contribution in [0.3, 0.4) is 0 Å². The molecule has 2 aliphatic rings. The number of hydrogen-bond donors (Lipinski definition) is 2. The zero-order valence-electron chi connectivity index (χ0n) is 18.3. The Bertz CT molecular complexity index is 1230. The summed E-state index contributed by atoms with van der Waals surface area (Å²) in [5.41, 5.74) is 3.68. The molecule has 0 radical (unpaired) electrons. The first-order valence-electron chi connectivity index (χ1n) is 10.7. The Balaban J connectivity index is 1.25. The molecule has 2 aliphatic heterocycles. The molecule has 3 heterocycles. The van der Waals surface area contributed by atoms with Crippen LogP contribution in [0.1, 0.15) is 24.0 Å². The molecular weight excluding hydrogens is 442 g/mol. The van der Waals surface area contributed by atoms with Crippen molar-refractivity contribution in [3.63, 3.8) is 0 Å². The van der Waals surface area contributed by atoms with E-state index >= 15 is 0 Å². The normalized spacial score (nSPS) is 16.7. The molecule has 0 saturated carbocycles. The molecule has 3 amide bonds. The smallest absolute Gasteiger partial charge is 0.322 e. The van der Waals surface area contributed by atoms with Gasteiger partial charge in [-0.3, -0.25) is 10.1 Å². The Morgan fingerprint density at radius 1 is 1.06 bits per heavy atom. The highest BCUT2D eigenvalue weighted by molar-refractivity contribution is 7.18. The molecule has 1 atom stereocenters. The van der Waals surface area contributed by atoms with Crippen molar-refractivity contribution >= 4 is 34.1 Å². The molecule has 10 heteroatoms. The number of anilines is 2. The van der Waals surface area contributed by atoms with E-state index < -0.39 is 6.04 Å². The summed E-state index contributed by atoms with van der Waals surface area (Å²) in [6.45, 7) is 4.67. The lowest BCUT2D eigenvalue weighted by molar-refractivity contribution is -0.119. The van der Waals surface area contributed by atoms with Crippen molar-refractivity contribution < 1.29 is 19.1 Å². The van der Waals surface area contributed by atoms with Gasteiger partial charge >= 0.3 is 6.03 Å². The summed E-state index contributed by atoms with van der Waals surface area (Å²) in [4.78, 5) is 27.4. The van der Waals surface area contributed by atoms with Crippen LogP contribution in [0.15, 0.2) is 36.4 Å². The molecule has 3 aromatic rings. The highest BCUT2D eigenvalue weighted by Gasteiger charge is 2.34. The van der Waals surface area contributed by atoms with Gasteiger partial charge in [-0.05, 0) is 56.5 Å². The Morgan fingerprint density at radius 2 is 1.91 bits per heavy atom. The van der Waals surface area contributed by atoms with Gasteiger partial charge in [-0.15, -0.1) is 10.2 Å². The predicted octanol–water partition coefficient (Wildman–Crippen LogP) is 4.19. The third-order valence-corrected chi connectivity index (χ3v) is 6.60. The molecule has 5 rings (SSSR count). The molecule has 0 bridgehead atoms. The lowest BCUT2D eigenvalue weighted by Crippen LogP contribution is -2.45. The molecule has 0 aliphatic carbocycles. The molecule has 33 heavy (non-hydrogen) atoms. The number of fused-ring (bicyclic) bond motifs is 1. The molecule has 9 nitrogen and oxygen atoms in total. The van der Waals surface area contributed by atoms with Crippen molar-refractivity contribution in [3.05, 3.63) is 47.5 Å². The van der Waals surface area contributed by atoms with E-state index in [0.717, 1.165) is 28.8 Å². The van der Waals surface area contributed by atoms with Gasteiger partial charge in [-0.1, -0.05) is 29.0 Å².